The lowest BCUT2D eigenvalue weighted by Crippen LogP contribution is -2.15. The van der Waals surface area contributed by atoms with E-state index in [0.717, 1.165) is 6.42 Å². The number of halogens is 2. The first-order chi connectivity index (χ1) is 9.65. The zero-order valence-corrected chi connectivity index (χ0v) is 12.2. The van der Waals surface area contributed by atoms with E-state index in [1.165, 1.54) is 11.6 Å². The van der Waals surface area contributed by atoms with Crippen LogP contribution in [-0.4, -0.2) is 5.91 Å². The second-order valence-electron chi connectivity index (χ2n) is 4.97. The van der Waals surface area contributed by atoms with E-state index < -0.39 is 5.82 Å². The maximum absolute atomic E-state index is 13.7. The van der Waals surface area contributed by atoms with Crippen LogP contribution in [0.1, 0.15) is 17.9 Å². The molecule has 0 bridgehead atoms. The maximum atomic E-state index is 13.7. The molecule has 0 spiro atoms. The van der Waals surface area contributed by atoms with E-state index >= 15 is 0 Å². The average molecular weight is 334 g/mol. The second-order valence-corrected chi connectivity index (χ2v) is 5.89. The minimum Gasteiger partial charge on any atom is -0.323 e. The summed E-state index contributed by atoms with van der Waals surface area (Å²) in [5.74, 6) is -0.333. The topological polar surface area (TPSA) is 29.1 Å². The Kier molecular flexibility index (Phi) is 3.57. The summed E-state index contributed by atoms with van der Waals surface area (Å²) in [6.07, 6.45) is 0.827. The van der Waals surface area contributed by atoms with E-state index in [-0.39, 0.29) is 23.4 Å². The molecule has 20 heavy (non-hydrogen) atoms. The van der Waals surface area contributed by atoms with Crippen molar-refractivity contribution >= 4 is 27.5 Å². The van der Waals surface area contributed by atoms with Crippen LogP contribution in [0.4, 0.5) is 10.1 Å². The predicted octanol–water partition coefficient (Wildman–Crippen LogP) is 4.33. The Balaban J connectivity index is 1.67. The quantitative estimate of drug-likeness (QED) is 0.889. The van der Waals surface area contributed by atoms with E-state index in [4.69, 9.17) is 0 Å². The molecule has 2 aromatic carbocycles. The monoisotopic (exact) mass is 333 g/mol. The van der Waals surface area contributed by atoms with Crippen LogP contribution < -0.4 is 5.32 Å². The molecule has 3 rings (SSSR count). The number of hydrogen-bond donors (Lipinski definition) is 1. The number of anilines is 1. The van der Waals surface area contributed by atoms with Crippen LogP contribution in [0.3, 0.4) is 0 Å². The lowest BCUT2D eigenvalue weighted by atomic mass is 10.1. The van der Waals surface area contributed by atoms with Crippen molar-refractivity contribution in [3.05, 3.63) is 64.4 Å². The lowest BCUT2D eigenvalue weighted by molar-refractivity contribution is -0.117. The molecule has 0 heterocycles. The van der Waals surface area contributed by atoms with Crippen LogP contribution in [-0.2, 0) is 4.79 Å². The van der Waals surface area contributed by atoms with Crippen molar-refractivity contribution in [1.29, 1.82) is 0 Å². The minimum atomic E-state index is -0.426. The van der Waals surface area contributed by atoms with Crippen molar-refractivity contribution in [2.24, 2.45) is 5.92 Å². The van der Waals surface area contributed by atoms with Gasteiger partial charge in [0.05, 0.1) is 5.69 Å². The first kappa shape index (κ1) is 13.3. The van der Waals surface area contributed by atoms with Crippen molar-refractivity contribution in [2.75, 3.05) is 5.32 Å². The molecule has 1 amide bonds. The Morgan fingerprint density at radius 3 is 2.65 bits per heavy atom. The average Bonchev–Trinajstić information content (AvgIpc) is 3.23. The number of amides is 1. The van der Waals surface area contributed by atoms with Gasteiger partial charge >= 0.3 is 0 Å². The van der Waals surface area contributed by atoms with Gasteiger partial charge in [-0.2, -0.15) is 0 Å². The summed E-state index contributed by atoms with van der Waals surface area (Å²) < 4.78 is 14.3. The third kappa shape index (κ3) is 2.75. The number of hydrogen-bond acceptors (Lipinski definition) is 1. The highest BCUT2D eigenvalue weighted by Gasteiger charge is 2.43. The molecule has 2 nitrogen and oxygen atoms in total. The van der Waals surface area contributed by atoms with Crippen LogP contribution in [0.15, 0.2) is 53.0 Å². The highest BCUT2D eigenvalue weighted by Crippen LogP contribution is 2.47. The van der Waals surface area contributed by atoms with Crippen molar-refractivity contribution < 1.29 is 9.18 Å². The molecule has 2 atom stereocenters. The summed E-state index contributed by atoms with van der Waals surface area (Å²) in [6, 6.07) is 14.6. The van der Waals surface area contributed by atoms with Crippen molar-refractivity contribution in [3.63, 3.8) is 0 Å². The summed E-state index contributed by atoms with van der Waals surface area (Å²) >= 11 is 3.19. The molecule has 2 aromatic rings. The van der Waals surface area contributed by atoms with Crippen LogP contribution in [0.5, 0.6) is 0 Å². The van der Waals surface area contributed by atoms with Crippen LogP contribution >= 0.6 is 15.9 Å². The molecule has 0 aliphatic heterocycles. The van der Waals surface area contributed by atoms with Crippen molar-refractivity contribution in [3.8, 4) is 0 Å². The summed E-state index contributed by atoms with van der Waals surface area (Å²) in [5.41, 5.74) is 1.40. The summed E-state index contributed by atoms with van der Waals surface area (Å²) in [6.45, 7) is 0. The standard InChI is InChI=1S/C16H13BrFNO/c17-11-6-7-15(14(18)8-11)19-16(20)13-9-12(13)10-4-2-1-3-5-10/h1-8,12-13H,9H2,(H,19,20). The maximum Gasteiger partial charge on any atom is 0.228 e. The van der Waals surface area contributed by atoms with Gasteiger partial charge in [0, 0.05) is 10.4 Å². The van der Waals surface area contributed by atoms with E-state index in [0.29, 0.717) is 4.47 Å². The van der Waals surface area contributed by atoms with E-state index in [2.05, 4.69) is 21.2 Å². The highest BCUT2D eigenvalue weighted by atomic mass is 79.9. The van der Waals surface area contributed by atoms with Gasteiger partial charge in [-0.15, -0.1) is 0 Å². The van der Waals surface area contributed by atoms with Gasteiger partial charge in [0.2, 0.25) is 5.91 Å². The Morgan fingerprint density at radius 1 is 1.20 bits per heavy atom. The molecule has 0 saturated heterocycles. The van der Waals surface area contributed by atoms with Crippen LogP contribution in [0.25, 0.3) is 0 Å². The fourth-order valence-corrected chi connectivity index (χ4v) is 2.70. The molecular formula is C16H13BrFNO. The van der Waals surface area contributed by atoms with Gasteiger partial charge in [0.1, 0.15) is 5.82 Å². The fourth-order valence-electron chi connectivity index (χ4n) is 2.37. The SMILES string of the molecule is O=C(Nc1ccc(Br)cc1F)C1CC1c1ccccc1. The van der Waals surface area contributed by atoms with Crippen LogP contribution in [0, 0.1) is 11.7 Å². The first-order valence-corrected chi connectivity index (χ1v) is 7.25. The van der Waals surface area contributed by atoms with Gasteiger partial charge in [-0.05, 0) is 36.1 Å². The van der Waals surface area contributed by atoms with Crippen molar-refractivity contribution in [1.82, 2.24) is 0 Å². The fraction of sp³-hybridized carbons (Fsp3) is 0.188. The molecule has 2 unspecified atom stereocenters. The summed E-state index contributed by atoms with van der Waals surface area (Å²) in [5, 5.41) is 2.66. The number of rotatable bonds is 3. The van der Waals surface area contributed by atoms with Gasteiger partial charge in [-0.1, -0.05) is 46.3 Å². The molecule has 102 valence electrons. The number of benzene rings is 2. The van der Waals surface area contributed by atoms with Gasteiger partial charge < -0.3 is 5.32 Å². The molecule has 0 radical (unpaired) electrons. The zero-order valence-electron chi connectivity index (χ0n) is 10.6. The molecule has 1 fully saturated rings. The number of carbonyl (C=O) groups excluding carboxylic acids is 1. The smallest absolute Gasteiger partial charge is 0.228 e. The predicted molar refractivity (Wildman–Crippen MR) is 80.0 cm³/mol. The van der Waals surface area contributed by atoms with E-state index in [9.17, 15) is 9.18 Å². The van der Waals surface area contributed by atoms with E-state index in [1.807, 2.05) is 30.3 Å². The van der Waals surface area contributed by atoms with Gasteiger partial charge in [-0.25, -0.2) is 4.39 Å². The lowest BCUT2D eigenvalue weighted by Gasteiger charge is -2.06. The third-order valence-corrected chi connectivity index (χ3v) is 4.04. The Bertz CT molecular complexity index is 644. The Labute approximate surface area is 125 Å². The molecule has 4 heteroatoms. The van der Waals surface area contributed by atoms with E-state index in [1.54, 1.807) is 12.1 Å². The van der Waals surface area contributed by atoms with Crippen molar-refractivity contribution in [2.45, 2.75) is 12.3 Å². The first-order valence-electron chi connectivity index (χ1n) is 6.46. The third-order valence-electron chi connectivity index (χ3n) is 3.54. The van der Waals surface area contributed by atoms with Gasteiger partial charge in [0.25, 0.3) is 0 Å². The second kappa shape index (κ2) is 5.37. The minimum absolute atomic E-state index is 0.0551. The van der Waals surface area contributed by atoms with Gasteiger partial charge in [-0.3, -0.25) is 4.79 Å². The zero-order chi connectivity index (χ0) is 14.1. The van der Waals surface area contributed by atoms with Gasteiger partial charge in [0.15, 0.2) is 0 Å². The molecule has 1 N–H and O–H groups in total. The largest absolute Gasteiger partial charge is 0.323 e. The number of carbonyl (C=O) groups is 1. The molecule has 1 aliphatic rings. The Hall–Kier alpha value is -1.68. The Morgan fingerprint density at radius 2 is 1.95 bits per heavy atom. The molecule has 0 aromatic heterocycles. The highest BCUT2D eigenvalue weighted by molar-refractivity contribution is 9.10. The summed E-state index contributed by atoms with van der Waals surface area (Å²) in [7, 11) is 0. The summed E-state index contributed by atoms with van der Waals surface area (Å²) in [4.78, 5) is 12.1. The normalized spacial score (nSPS) is 20.5. The molecule has 1 aliphatic carbocycles. The molecular weight excluding hydrogens is 321 g/mol. The van der Waals surface area contributed by atoms with Crippen LogP contribution in [0.2, 0.25) is 0 Å². The number of nitrogens with one attached hydrogen (secondary N) is 1. The molecule has 1 saturated carbocycles.